The van der Waals surface area contributed by atoms with E-state index in [9.17, 15) is 9.90 Å². The first-order valence-corrected chi connectivity index (χ1v) is 6.90. The number of amides is 1. The lowest BCUT2D eigenvalue weighted by molar-refractivity contribution is -0.121. The molecule has 0 fully saturated rings. The lowest BCUT2D eigenvalue weighted by Crippen LogP contribution is -2.41. The second-order valence-electron chi connectivity index (χ2n) is 5.21. The molecule has 2 rings (SSSR count). The third kappa shape index (κ3) is 3.33. The van der Waals surface area contributed by atoms with Gasteiger partial charge in [-0.05, 0) is 24.5 Å². The maximum absolute atomic E-state index is 11.9. The fourth-order valence-electron chi connectivity index (χ4n) is 2.38. The van der Waals surface area contributed by atoms with Gasteiger partial charge in [-0.25, -0.2) is 0 Å². The van der Waals surface area contributed by atoms with Crippen LogP contribution in [0.2, 0.25) is 0 Å². The van der Waals surface area contributed by atoms with Gasteiger partial charge < -0.3 is 15.7 Å². The van der Waals surface area contributed by atoms with Gasteiger partial charge in [-0.3, -0.25) is 4.79 Å². The number of carbonyl (C=O) groups excluding carboxylic acids is 1. The van der Waals surface area contributed by atoms with Crippen LogP contribution in [0.25, 0.3) is 0 Å². The van der Waals surface area contributed by atoms with Crippen LogP contribution in [0.4, 0.5) is 0 Å². The molecule has 3 atom stereocenters. The zero-order valence-corrected chi connectivity index (χ0v) is 11.5. The molecule has 1 aliphatic rings. The van der Waals surface area contributed by atoms with Crippen LogP contribution in [-0.2, 0) is 11.2 Å². The summed E-state index contributed by atoms with van der Waals surface area (Å²) in [7, 11) is 0. The fraction of sp³-hybridized carbons (Fsp3) is 0.533. The van der Waals surface area contributed by atoms with Gasteiger partial charge in [-0.15, -0.1) is 0 Å². The molecule has 3 N–H and O–H groups in total. The van der Waals surface area contributed by atoms with Crippen LogP contribution in [0.15, 0.2) is 24.3 Å². The topological polar surface area (TPSA) is 61.4 Å². The zero-order valence-electron chi connectivity index (χ0n) is 11.5. The van der Waals surface area contributed by atoms with Crippen LogP contribution in [0.3, 0.4) is 0 Å². The Kier molecular flexibility index (Phi) is 4.56. The number of fused-ring (bicyclic) bond motifs is 1. The van der Waals surface area contributed by atoms with Crippen molar-refractivity contribution in [2.24, 2.45) is 0 Å². The number of nitrogens with one attached hydrogen (secondary N) is 2. The van der Waals surface area contributed by atoms with Crippen molar-refractivity contribution in [2.45, 2.75) is 44.9 Å². The number of rotatable bonds is 5. The van der Waals surface area contributed by atoms with Crippen LogP contribution < -0.4 is 10.6 Å². The molecule has 0 aliphatic heterocycles. The molecular formula is C15H22N2O2. The van der Waals surface area contributed by atoms with Gasteiger partial charge in [0.25, 0.3) is 0 Å². The number of hydrogen-bond acceptors (Lipinski definition) is 3. The maximum atomic E-state index is 11.9. The van der Waals surface area contributed by atoms with Crippen molar-refractivity contribution in [3.05, 3.63) is 35.4 Å². The normalized spacial score (nSPS) is 22.9. The lowest BCUT2D eigenvalue weighted by Gasteiger charge is -2.19. The standard InChI is InChI=1S/C15H22N2O2/c1-3-10(2)16-9-14(19)17-15-12-7-5-4-6-11(12)8-13(15)18/h4-7,10,13,15-16,18H,3,8-9H2,1-2H3,(H,17,19)/t10?,13-,15+/m1/s1. The molecule has 0 bridgehead atoms. The van der Waals surface area contributed by atoms with Crippen molar-refractivity contribution in [3.8, 4) is 0 Å². The summed E-state index contributed by atoms with van der Waals surface area (Å²) in [4.78, 5) is 11.9. The van der Waals surface area contributed by atoms with Gasteiger partial charge in [0.1, 0.15) is 0 Å². The Morgan fingerprint density at radius 2 is 2.21 bits per heavy atom. The summed E-state index contributed by atoms with van der Waals surface area (Å²) >= 11 is 0. The Labute approximate surface area is 114 Å². The summed E-state index contributed by atoms with van der Waals surface area (Å²) in [6.07, 6.45) is 1.08. The molecule has 4 nitrogen and oxygen atoms in total. The Morgan fingerprint density at radius 3 is 2.95 bits per heavy atom. The smallest absolute Gasteiger partial charge is 0.234 e. The minimum absolute atomic E-state index is 0.0685. The molecule has 0 saturated carbocycles. The molecule has 1 amide bonds. The van der Waals surface area contributed by atoms with E-state index in [1.54, 1.807) is 0 Å². The Balaban J connectivity index is 1.94. The summed E-state index contributed by atoms with van der Waals surface area (Å²) in [6.45, 7) is 4.42. The van der Waals surface area contributed by atoms with Crippen LogP contribution in [-0.4, -0.2) is 29.7 Å². The van der Waals surface area contributed by atoms with Crippen molar-refractivity contribution < 1.29 is 9.90 Å². The first-order chi connectivity index (χ1) is 9.11. The van der Waals surface area contributed by atoms with E-state index < -0.39 is 6.10 Å². The first-order valence-electron chi connectivity index (χ1n) is 6.90. The van der Waals surface area contributed by atoms with Crippen LogP contribution in [0, 0.1) is 0 Å². The number of aliphatic hydroxyl groups excluding tert-OH is 1. The maximum Gasteiger partial charge on any atom is 0.234 e. The second kappa shape index (κ2) is 6.17. The highest BCUT2D eigenvalue weighted by Crippen LogP contribution is 2.30. The molecule has 1 aromatic carbocycles. The minimum Gasteiger partial charge on any atom is -0.390 e. The quantitative estimate of drug-likeness (QED) is 0.746. The van der Waals surface area contributed by atoms with Gasteiger partial charge >= 0.3 is 0 Å². The van der Waals surface area contributed by atoms with Gasteiger partial charge in [0, 0.05) is 12.5 Å². The molecule has 0 spiro atoms. The van der Waals surface area contributed by atoms with E-state index in [1.165, 1.54) is 0 Å². The molecule has 0 aromatic heterocycles. The lowest BCUT2D eigenvalue weighted by atomic mass is 10.1. The van der Waals surface area contributed by atoms with E-state index in [0.29, 0.717) is 19.0 Å². The predicted octanol–water partition coefficient (Wildman–Crippen LogP) is 1.15. The van der Waals surface area contributed by atoms with Gasteiger partial charge in [0.2, 0.25) is 5.91 Å². The molecule has 1 aliphatic carbocycles. The molecule has 4 heteroatoms. The Morgan fingerprint density at radius 1 is 1.47 bits per heavy atom. The van der Waals surface area contributed by atoms with Crippen molar-refractivity contribution in [2.75, 3.05) is 6.54 Å². The number of hydrogen-bond donors (Lipinski definition) is 3. The summed E-state index contributed by atoms with van der Waals surface area (Å²) in [5, 5.41) is 16.1. The molecule has 0 heterocycles. The number of benzene rings is 1. The van der Waals surface area contributed by atoms with Gasteiger partial charge in [-0.1, -0.05) is 31.2 Å². The Hall–Kier alpha value is -1.39. The highest BCUT2D eigenvalue weighted by molar-refractivity contribution is 5.78. The summed E-state index contributed by atoms with van der Waals surface area (Å²) in [6, 6.07) is 7.92. The number of aliphatic hydroxyl groups is 1. The average molecular weight is 262 g/mol. The summed E-state index contributed by atoms with van der Waals surface area (Å²) < 4.78 is 0. The van der Waals surface area contributed by atoms with Crippen LogP contribution >= 0.6 is 0 Å². The predicted molar refractivity (Wildman–Crippen MR) is 74.8 cm³/mol. The summed E-state index contributed by atoms with van der Waals surface area (Å²) in [5.41, 5.74) is 2.15. The van der Waals surface area contributed by atoms with E-state index in [0.717, 1.165) is 17.5 Å². The Bertz CT molecular complexity index is 448. The molecule has 0 saturated heterocycles. The second-order valence-corrected chi connectivity index (χ2v) is 5.21. The molecule has 0 radical (unpaired) electrons. The van der Waals surface area contributed by atoms with E-state index in [-0.39, 0.29) is 11.9 Å². The molecule has 1 aromatic rings. The van der Waals surface area contributed by atoms with Crippen LogP contribution in [0.1, 0.15) is 37.4 Å². The van der Waals surface area contributed by atoms with Crippen LogP contribution in [0.5, 0.6) is 0 Å². The van der Waals surface area contributed by atoms with E-state index in [1.807, 2.05) is 31.2 Å². The SMILES string of the molecule is CCC(C)NCC(=O)N[C@H]1c2ccccc2C[C@H]1O. The van der Waals surface area contributed by atoms with Crippen molar-refractivity contribution in [1.29, 1.82) is 0 Å². The van der Waals surface area contributed by atoms with E-state index in [2.05, 4.69) is 17.6 Å². The molecule has 19 heavy (non-hydrogen) atoms. The average Bonchev–Trinajstić information content (AvgIpc) is 2.72. The molecule has 1 unspecified atom stereocenters. The molecular weight excluding hydrogens is 240 g/mol. The van der Waals surface area contributed by atoms with Crippen molar-refractivity contribution in [3.63, 3.8) is 0 Å². The molecule has 104 valence electrons. The number of carbonyl (C=O) groups is 1. The minimum atomic E-state index is -0.523. The van der Waals surface area contributed by atoms with Crippen molar-refractivity contribution in [1.82, 2.24) is 10.6 Å². The first kappa shape index (κ1) is 14.0. The van der Waals surface area contributed by atoms with Crippen molar-refractivity contribution >= 4 is 5.91 Å². The third-order valence-electron chi connectivity index (χ3n) is 3.74. The van der Waals surface area contributed by atoms with Gasteiger partial charge in [-0.2, -0.15) is 0 Å². The zero-order chi connectivity index (χ0) is 13.8. The third-order valence-corrected chi connectivity index (χ3v) is 3.74. The fourth-order valence-corrected chi connectivity index (χ4v) is 2.38. The van der Waals surface area contributed by atoms with E-state index >= 15 is 0 Å². The highest BCUT2D eigenvalue weighted by Gasteiger charge is 2.31. The monoisotopic (exact) mass is 262 g/mol. The van der Waals surface area contributed by atoms with Gasteiger partial charge in [0.05, 0.1) is 18.7 Å². The van der Waals surface area contributed by atoms with E-state index in [4.69, 9.17) is 0 Å². The van der Waals surface area contributed by atoms with Gasteiger partial charge in [0.15, 0.2) is 0 Å². The highest BCUT2D eigenvalue weighted by atomic mass is 16.3. The largest absolute Gasteiger partial charge is 0.390 e. The summed E-state index contributed by atoms with van der Waals surface area (Å²) in [5.74, 6) is -0.0685.